The predicted molar refractivity (Wildman–Crippen MR) is 78.7 cm³/mol. The van der Waals surface area contributed by atoms with Crippen molar-refractivity contribution in [3.05, 3.63) is 48.2 Å². The molecule has 1 aromatic heterocycles. The number of hydrazine groups is 1. The molecule has 0 aliphatic rings. The monoisotopic (exact) mass is 305 g/mol. The molecule has 1 heterocycles. The Bertz CT molecular complexity index is 705. The molecule has 1 aromatic carbocycles. The van der Waals surface area contributed by atoms with Gasteiger partial charge in [-0.15, -0.1) is 0 Å². The topological polar surface area (TPSA) is 146 Å². The Morgan fingerprint density at radius 3 is 2.45 bits per heavy atom. The van der Waals surface area contributed by atoms with Crippen molar-refractivity contribution >= 4 is 28.7 Å². The van der Waals surface area contributed by atoms with Gasteiger partial charge in [0.25, 0.3) is 5.91 Å². The largest absolute Gasteiger partial charge is 0.481 e. The minimum Gasteiger partial charge on any atom is -0.481 e. The van der Waals surface area contributed by atoms with Gasteiger partial charge in [-0.25, -0.2) is 10.6 Å². The smallest absolute Gasteiger partial charge is 0.328 e. The summed E-state index contributed by atoms with van der Waals surface area (Å²) in [6, 6.07) is 7.68. The molecule has 116 valence electrons. The first-order valence-electron chi connectivity index (χ1n) is 6.12. The number of carbonyl (C=O) groups is 3. The van der Waals surface area contributed by atoms with E-state index < -0.39 is 17.8 Å². The van der Waals surface area contributed by atoms with E-state index >= 15 is 0 Å². The van der Waals surface area contributed by atoms with Gasteiger partial charge >= 0.3 is 11.9 Å². The van der Waals surface area contributed by atoms with Gasteiger partial charge in [0.2, 0.25) is 0 Å². The number of nitrogens with one attached hydrogen (secondary N) is 2. The molecule has 1 amide bonds. The van der Waals surface area contributed by atoms with Crippen LogP contribution in [0.4, 0.5) is 0 Å². The lowest BCUT2D eigenvalue weighted by Gasteiger charge is -1.92. The van der Waals surface area contributed by atoms with E-state index in [-0.39, 0.29) is 6.42 Å². The molecule has 8 nitrogen and oxygen atoms in total. The highest BCUT2D eigenvalue weighted by Gasteiger charge is 2.05. The molecule has 0 spiro atoms. The summed E-state index contributed by atoms with van der Waals surface area (Å²) in [4.78, 5) is 33.4. The average molecular weight is 305 g/mol. The molecule has 0 aliphatic heterocycles. The van der Waals surface area contributed by atoms with Gasteiger partial charge in [0.15, 0.2) is 0 Å². The van der Waals surface area contributed by atoms with Crippen molar-refractivity contribution in [2.24, 2.45) is 5.84 Å². The number of H-pyrrole nitrogens is 1. The van der Waals surface area contributed by atoms with Crippen LogP contribution < -0.4 is 11.3 Å². The molecule has 0 fully saturated rings. The van der Waals surface area contributed by atoms with Gasteiger partial charge in [-0.05, 0) is 11.6 Å². The van der Waals surface area contributed by atoms with E-state index in [1.54, 1.807) is 11.6 Å². The molecule has 2 rings (SSSR count). The number of nitrogens with two attached hydrogens (primary N) is 1. The van der Waals surface area contributed by atoms with Crippen LogP contribution in [-0.4, -0.2) is 33.0 Å². The van der Waals surface area contributed by atoms with Crippen molar-refractivity contribution in [2.45, 2.75) is 6.42 Å². The van der Waals surface area contributed by atoms with Gasteiger partial charge in [0, 0.05) is 29.3 Å². The minimum atomic E-state index is -1.18. The fraction of sp³-hybridized carbons (Fsp3) is 0.0714. The lowest BCUT2D eigenvalue weighted by Crippen LogP contribution is -2.28. The van der Waals surface area contributed by atoms with Gasteiger partial charge in [0.05, 0.1) is 6.42 Å². The van der Waals surface area contributed by atoms with Gasteiger partial charge in [-0.2, -0.15) is 0 Å². The van der Waals surface area contributed by atoms with Gasteiger partial charge < -0.3 is 15.2 Å². The maximum atomic E-state index is 10.5. The second kappa shape index (κ2) is 8.22. The van der Waals surface area contributed by atoms with E-state index in [9.17, 15) is 14.4 Å². The van der Waals surface area contributed by atoms with Crippen LogP contribution in [0, 0.1) is 0 Å². The SMILES string of the molecule is NNC(=O)C=CC(=O)O.O=C(O)Cc1c[nH]c2ccccc12. The maximum Gasteiger partial charge on any atom is 0.328 e. The number of carboxylic acid groups (broad SMARTS) is 2. The minimum absolute atomic E-state index is 0.0734. The van der Waals surface area contributed by atoms with Crippen molar-refractivity contribution in [1.29, 1.82) is 0 Å². The van der Waals surface area contributed by atoms with Crippen LogP contribution in [0.25, 0.3) is 10.9 Å². The second-order valence-electron chi connectivity index (χ2n) is 4.11. The predicted octanol–water partition coefficient (Wildman–Crippen LogP) is 0.412. The maximum absolute atomic E-state index is 10.5. The number of carbonyl (C=O) groups excluding carboxylic acids is 1. The molecule has 0 saturated carbocycles. The first-order chi connectivity index (χ1) is 10.4. The van der Waals surface area contributed by atoms with Crippen molar-refractivity contribution in [1.82, 2.24) is 10.4 Å². The van der Waals surface area contributed by atoms with Crippen molar-refractivity contribution in [3.63, 3.8) is 0 Å². The number of hydrogen-bond acceptors (Lipinski definition) is 4. The number of benzene rings is 1. The number of aromatic amines is 1. The van der Waals surface area contributed by atoms with Crippen LogP contribution in [0.2, 0.25) is 0 Å². The summed E-state index contributed by atoms with van der Waals surface area (Å²) < 4.78 is 0. The van der Waals surface area contributed by atoms with Crippen LogP contribution in [0.15, 0.2) is 42.6 Å². The summed E-state index contributed by atoms with van der Waals surface area (Å²) in [6.45, 7) is 0. The number of aromatic nitrogens is 1. The van der Waals surface area contributed by atoms with Crippen molar-refractivity contribution in [3.8, 4) is 0 Å². The first-order valence-corrected chi connectivity index (χ1v) is 6.12. The number of amides is 1. The molecule has 2 aromatic rings. The van der Waals surface area contributed by atoms with Crippen LogP contribution in [-0.2, 0) is 20.8 Å². The molecule has 0 aliphatic carbocycles. The fourth-order valence-electron chi connectivity index (χ4n) is 1.64. The lowest BCUT2D eigenvalue weighted by molar-refractivity contribution is -0.136. The van der Waals surface area contributed by atoms with E-state index in [0.717, 1.165) is 22.5 Å². The molecule has 0 bridgehead atoms. The summed E-state index contributed by atoms with van der Waals surface area (Å²) in [5, 5.41) is 17.6. The molecule has 8 heteroatoms. The summed E-state index contributed by atoms with van der Waals surface area (Å²) in [5.41, 5.74) is 3.55. The first kappa shape index (κ1) is 16.9. The third-order valence-corrected chi connectivity index (χ3v) is 2.54. The molecule has 6 N–H and O–H groups in total. The zero-order valence-electron chi connectivity index (χ0n) is 11.4. The van der Waals surface area contributed by atoms with Crippen molar-refractivity contribution < 1.29 is 24.6 Å². The van der Waals surface area contributed by atoms with E-state index in [2.05, 4.69) is 10.8 Å². The molecule has 0 unspecified atom stereocenters. The number of carboxylic acids is 2. The summed E-state index contributed by atoms with van der Waals surface area (Å²) >= 11 is 0. The molecular weight excluding hydrogens is 290 g/mol. The zero-order chi connectivity index (χ0) is 16.5. The van der Waals surface area contributed by atoms with E-state index in [1.807, 2.05) is 24.3 Å². The third kappa shape index (κ3) is 5.47. The summed E-state index contributed by atoms with van der Waals surface area (Å²) in [5.74, 6) is 1.99. The number of hydrogen-bond donors (Lipinski definition) is 5. The summed E-state index contributed by atoms with van der Waals surface area (Å²) in [7, 11) is 0. The lowest BCUT2D eigenvalue weighted by atomic mass is 10.1. The number of rotatable bonds is 4. The van der Waals surface area contributed by atoms with Crippen LogP contribution in [0.1, 0.15) is 5.56 Å². The molecular formula is C14H15N3O5. The standard InChI is InChI=1S/C10H9NO2.C4H6N2O3/c12-10(13)5-7-6-11-9-4-2-1-3-8(7)9;5-6-3(7)1-2-4(8)9/h1-4,6,11H,5H2,(H,12,13);1-2H,5H2,(H,6,7)(H,8,9). The highest BCUT2D eigenvalue weighted by molar-refractivity contribution is 5.93. The average Bonchev–Trinajstić information content (AvgIpc) is 2.88. The van der Waals surface area contributed by atoms with E-state index in [1.165, 1.54) is 0 Å². The zero-order valence-corrected chi connectivity index (χ0v) is 11.4. The molecule has 0 radical (unpaired) electrons. The Balaban J connectivity index is 0.000000239. The summed E-state index contributed by atoms with van der Waals surface area (Å²) in [6.07, 6.45) is 3.34. The Morgan fingerprint density at radius 2 is 1.86 bits per heavy atom. The Hall–Kier alpha value is -3.13. The Kier molecular flexibility index (Phi) is 6.32. The molecule has 22 heavy (non-hydrogen) atoms. The number of fused-ring (bicyclic) bond motifs is 1. The van der Waals surface area contributed by atoms with Gasteiger partial charge in [0.1, 0.15) is 0 Å². The third-order valence-electron chi connectivity index (χ3n) is 2.54. The van der Waals surface area contributed by atoms with Gasteiger partial charge in [-0.3, -0.25) is 15.0 Å². The van der Waals surface area contributed by atoms with Crippen LogP contribution >= 0.6 is 0 Å². The highest BCUT2D eigenvalue weighted by Crippen LogP contribution is 2.17. The number of aliphatic carboxylic acids is 2. The highest BCUT2D eigenvalue weighted by atomic mass is 16.4. The molecule has 0 saturated heterocycles. The quantitative estimate of drug-likeness (QED) is 0.239. The van der Waals surface area contributed by atoms with Crippen molar-refractivity contribution in [2.75, 3.05) is 0 Å². The van der Waals surface area contributed by atoms with E-state index in [4.69, 9.17) is 10.2 Å². The molecule has 0 atom stereocenters. The Morgan fingerprint density at radius 1 is 1.18 bits per heavy atom. The normalized spacial score (nSPS) is 10.0. The fourth-order valence-corrected chi connectivity index (χ4v) is 1.64. The van der Waals surface area contributed by atoms with Crippen LogP contribution in [0.3, 0.4) is 0 Å². The van der Waals surface area contributed by atoms with Crippen LogP contribution in [0.5, 0.6) is 0 Å². The second-order valence-corrected chi connectivity index (χ2v) is 4.11. The van der Waals surface area contributed by atoms with E-state index in [0.29, 0.717) is 6.08 Å². The Labute approximate surface area is 125 Å². The number of para-hydroxylation sites is 1. The van der Waals surface area contributed by atoms with Gasteiger partial charge in [-0.1, -0.05) is 18.2 Å².